The number of carbonyl (C=O) groups excluding carboxylic acids is 1. The third-order valence-electron chi connectivity index (χ3n) is 4.91. The standard InChI is InChI=1S/C19H25FN4O/c1-4-16-18(19(25)23-12-10-22(3)11-13-23)17(5-2)24(21-16)15-8-6-14(20)7-9-15/h6-9H,4-5,10-13H2,1-3H3/p+1. The van der Waals surface area contributed by atoms with Crippen LogP contribution in [-0.4, -0.2) is 53.8 Å². The largest absolute Gasteiger partial charge is 0.334 e. The van der Waals surface area contributed by atoms with E-state index in [1.807, 2.05) is 18.7 Å². The Kier molecular flexibility index (Phi) is 5.18. The summed E-state index contributed by atoms with van der Waals surface area (Å²) >= 11 is 0. The number of aromatic nitrogens is 2. The Hall–Kier alpha value is -2.21. The fraction of sp³-hybridized carbons (Fsp3) is 0.474. The molecule has 2 aromatic rings. The van der Waals surface area contributed by atoms with Gasteiger partial charge in [-0.15, -0.1) is 0 Å². The first-order chi connectivity index (χ1) is 12.0. The van der Waals surface area contributed by atoms with Crippen LogP contribution in [0.25, 0.3) is 5.69 Å². The van der Waals surface area contributed by atoms with Crippen LogP contribution in [0.15, 0.2) is 24.3 Å². The lowest BCUT2D eigenvalue weighted by molar-refractivity contribution is -0.883. The first-order valence-corrected chi connectivity index (χ1v) is 9.02. The second-order valence-corrected chi connectivity index (χ2v) is 6.61. The van der Waals surface area contributed by atoms with Crippen molar-refractivity contribution in [2.24, 2.45) is 0 Å². The predicted octanol–water partition coefficient (Wildman–Crippen LogP) is 1.11. The average molecular weight is 345 g/mol. The maximum Gasteiger partial charge on any atom is 0.258 e. The minimum absolute atomic E-state index is 0.0783. The van der Waals surface area contributed by atoms with Crippen LogP contribution in [0.4, 0.5) is 4.39 Å². The van der Waals surface area contributed by atoms with Crippen LogP contribution in [0.2, 0.25) is 0 Å². The van der Waals surface area contributed by atoms with Crippen molar-refractivity contribution in [3.8, 4) is 5.69 Å². The number of likely N-dealkylation sites (N-methyl/N-ethyl adjacent to an activating group) is 1. The van der Waals surface area contributed by atoms with E-state index in [4.69, 9.17) is 0 Å². The predicted molar refractivity (Wildman–Crippen MR) is 94.8 cm³/mol. The van der Waals surface area contributed by atoms with Gasteiger partial charge in [0.2, 0.25) is 0 Å². The van der Waals surface area contributed by atoms with Gasteiger partial charge in [-0.1, -0.05) is 13.8 Å². The van der Waals surface area contributed by atoms with Gasteiger partial charge in [0.1, 0.15) is 5.82 Å². The van der Waals surface area contributed by atoms with Gasteiger partial charge in [-0.2, -0.15) is 5.10 Å². The summed E-state index contributed by atoms with van der Waals surface area (Å²) in [6, 6.07) is 6.25. The van der Waals surface area contributed by atoms with E-state index in [0.717, 1.165) is 48.8 Å². The third-order valence-corrected chi connectivity index (χ3v) is 4.91. The number of aryl methyl sites for hydroxylation is 1. The number of rotatable bonds is 4. The number of carbonyl (C=O) groups is 1. The summed E-state index contributed by atoms with van der Waals surface area (Å²) in [6.45, 7) is 7.54. The lowest BCUT2D eigenvalue weighted by Gasteiger charge is -2.30. The average Bonchev–Trinajstić information content (AvgIpc) is 3.01. The monoisotopic (exact) mass is 345 g/mol. The third kappa shape index (κ3) is 3.44. The van der Waals surface area contributed by atoms with Gasteiger partial charge in [0, 0.05) is 0 Å². The molecule has 1 amide bonds. The first kappa shape index (κ1) is 17.6. The lowest BCUT2D eigenvalue weighted by Crippen LogP contribution is -3.12. The van der Waals surface area contributed by atoms with Crippen LogP contribution in [0.1, 0.15) is 35.6 Å². The van der Waals surface area contributed by atoms with Crippen molar-refractivity contribution in [1.29, 1.82) is 0 Å². The quantitative estimate of drug-likeness (QED) is 0.902. The second kappa shape index (κ2) is 7.35. The zero-order chi connectivity index (χ0) is 18.0. The van der Waals surface area contributed by atoms with E-state index in [-0.39, 0.29) is 11.7 Å². The van der Waals surface area contributed by atoms with Gasteiger partial charge >= 0.3 is 0 Å². The Bertz CT molecular complexity index is 746. The molecule has 1 fully saturated rings. The Morgan fingerprint density at radius 1 is 1.16 bits per heavy atom. The summed E-state index contributed by atoms with van der Waals surface area (Å²) < 4.78 is 15.0. The fourth-order valence-electron chi connectivity index (χ4n) is 3.37. The molecule has 1 aliphatic heterocycles. The summed E-state index contributed by atoms with van der Waals surface area (Å²) in [4.78, 5) is 16.6. The molecule has 5 nitrogen and oxygen atoms in total. The molecule has 1 aromatic heterocycles. The summed E-state index contributed by atoms with van der Waals surface area (Å²) in [5.41, 5.74) is 3.24. The molecule has 25 heavy (non-hydrogen) atoms. The van der Waals surface area contributed by atoms with Crippen molar-refractivity contribution in [2.75, 3.05) is 33.2 Å². The molecule has 1 aliphatic rings. The van der Waals surface area contributed by atoms with E-state index >= 15 is 0 Å². The highest BCUT2D eigenvalue weighted by Crippen LogP contribution is 2.22. The van der Waals surface area contributed by atoms with E-state index in [1.54, 1.807) is 16.8 Å². The molecule has 0 aliphatic carbocycles. The summed E-state index contributed by atoms with van der Waals surface area (Å²) in [5.74, 6) is -0.199. The van der Waals surface area contributed by atoms with Crippen LogP contribution >= 0.6 is 0 Å². The maximum absolute atomic E-state index is 13.2. The van der Waals surface area contributed by atoms with Crippen LogP contribution < -0.4 is 4.90 Å². The van der Waals surface area contributed by atoms with E-state index in [2.05, 4.69) is 12.1 Å². The van der Waals surface area contributed by atoms with Gasteiger partial charge in [-0.05, 0) is 37.1 Å². The van der Waals surface area contributed by atoms with Crippen molar-refractivity contribution in [3.63, 3.8) is 0 Å². The molecule has 1 saturated heterocycles. The first-order valence-electron chi connectivity index (χ1n) is 9.02. The SMILES string of the molecule is CCc1nn(-c2ccc(F)cc2)c(CC)c1C(=O)N1CC[NH+](C)CC1. The number of benzene rings is 1. The normalized spacial score (nSPS) is 15.6. The molecule has 3 rings (SSSR count). The molecular formula is C19H26FN4O+. The molecule has 134 valence electrons. The van der Waals surface area contributed by atoms with Gasteiger partial charge in [0.25, 0.3) is 5.91 Å². The number of nitrogens with one attached hydrogen (secondary N) is 1. The lowest BCUT2D eigenvalue weighted by atomic mass is 10.1. The summed E-state index contributed by atoms with van der Waals surface area (Å²) in [5, 5.41) is 4.67. The molecule has 6 heteroatoms. The number of hydrogen-bond acceptors (Lipinski definition) is 2. The molecule has 1 aromatic carbocycles. The maximum atomic E-state index is 13.2. The van der Waals surface area contributed by atoms with Gasteiger partial charge in [-0.3, -0.25) is 4.79 Å². The van der Waals surface area contributed by atoms with Gasteiger partial charge in [0.15, 0.2) is 0 Å². The zero-order valence-electron chi connectivity index (χ0n) is 15.2. The number of nitrogens with zero attached hydrogens (tertiary/aromatic N) is 3. The summed E-state index contributed by atoms with van der Waals surface area (Å²) in [6.07, 6.45) is 1.39. The zero-order valence-corrected chi connectivity index (χ0v) is 15.2. The molecule has 1 N–H and O–H groups in total. The highest BCUT2D eigenvalue weighted by Gasteiger charge is 2.29. The number of hydrogen-bond donors (Lipinski definition) is 1. The van der Waals surface area contributed by atoms with Crippen LogP contribution in [-0.2, 0) is 12.8 Å². The summed E-state index contributed by atoms with van der Waals surface area (Å²) in [7, 11) is 2.16. The number of piperazine rings is 1. The number of halogens is 1. The molecular weight excluding hydrogens is 319 g/mol. The van der Waals surface area contributed by atoms with E-state index in [1.165, 1.54) is 17.0 Å². The van der Waals surface area contributed by atoms with Crippen molar-refractivity contribution in [3.05, 3.63) is 47.0 Å². The second-order valence-electron chi connectivity index (χ2n) is 6.61. The topological polar surface area (TPSA) is 42.6 Å². The highest BCUT2D eigenvalue weighted by molar-refractivity contribution is 5.96. The van der Waals surface area contributed by atoms with E-state index < -0.39 is 0 Å². The van der Waals surface area contributed by atoms with Gasteiger partial charge < -0.3 is 9.80 Å². The van der Waals surface area contributed by atoms with Crippen LogP contribution in [0.5, 0.6) is 0 Å². The Balaban J connectivity index is 2.00. The molecule has 0 atom stereocenters. The van der Waals surface area contributed by atoms with E-state index in [0.29, 0.717) is 12.8 Å². The van der Waals surface area contributed by atoms with Crippen molar-refractivity contribution >= 4 is 5.91 Å². The molecule has 0 unspecified atom stereocenters. The van der Waals surface area contributed by atoms with Crippen molar-refractivity contribution in [2.45, 2.75) is 26.7 Å². The van der Waals surface area contributed by atoms with Crippen LogP contribution in [0.3, 0.4) is 0 Å². The van der Waals surface area contributed by atoms with Crippen LogP contribution in [0, 0.1) is 5.82 Å². The molecule has 0 saturated carbocycles. The van der Waals surface area contributed by atoms with Gasteiger partial charge in [-0.25, -0.2) is 9.07 Å². The smallest absolute Gasteiger partial charge is 0.258 e. The number of quaternary nitrogens is 1. The molecule has 0 spiro atoms. The minimum atomic E-state index is -0.277. The molecule has 0 radical (unpaired) electrons. The highest BCUT2D eigenvalue weighted by atomic mass is 19.1. The minimum Gasteiger partial charge on any atom is -0.334 e. The molecule has 2 heterocycles. The fourth-order valence-corrected chi connectivity index (χ4v) is 3.37. The van der Waals surface area contributed by atoms with Crippen molar-refractivity contribution in [1.82, 2.24) is 14.7 Å². The van der Waals surface area contributed by atoms with Crippen molar-refractivity contribution < 1.29 is 14.1 Å². The molecule has 0 bridgehead atoms. The van der Waals surface area contributed by atoms with Gasteiger partial charge in [0.05, 0.1) is 55.9 Å². The number of amides is 1. The Morgan fingerprint density at radius 3 is 2.36 bits per heavy atom. The Morgan fingerprint density at radius 2 is 1.80 bits per heavy atom. The Labute approximate surface area is 148 Å². The van der Waals surface area contributed by atoms with E-state index in [9.17, 15) is 9.18 Å².